The molecule has 1 aromatic carbocycles. The molecule has 0 spiro atoms. The van der Waals surface area contributed by atoms with Gasteiger partial charge in [-0.3, -0.25) is 9.48 Å². The molecule has 3 aromatic rings. The van der Waals surface area contributed by atoms with E-state index in [0.29, 0.717) is 18.8 Å². The van der Waals surface area contributed by atoms with Crippen LogP contribution in [-0.4, -0.2) is 19.3 Å². The van der Waals surface area contributed by atoms with Crippen LogP contribution in [-0.2, 0) is 13.1 Å². The van der Waals surface area contributed by atoms with Crippen molar-refractivity contribution in [3.63, 3.8) is 0 Å². The first-order chi connectivity index (χ1) is 9.24. The van der Waals surface area contributed by atoms with E-state index < -0.39 is 0 Å². The lowest BCUT2D eigenvalue weighted by atomic mass is 10.3. The van der Waals surface area contributed by atoms with Crippen LogP contribution in [0.25, 0.3) is 11.0 Å². The maximum Gasteiger partial charge on any atom is 0.269 e. The molecule has 0 saturated heterocycles. The highest BCUT2D eigenvalue weighted by Crippen LogP contribution is 2.08. The summed E-state index contributed by atoms with van der Waals surface area (Å²) in [5, 5.41) is 4.10. The number of hydrogen-bond donors (Lipinski definition) is 1. The van der Waals surface area contributed by atoms with Gasteiger partial charge in [-0.15, -0.1) is 0 Å². The molecule has 0 unspecified atom stereocenters. The average Bonchev–Trinajstić information content (AvgIpc) is 2.83. The lowest BCUT2D eigenvalue weighted by Gasteiger charge is -2.09. The van der Waals surface area contributed by atoms with Crippen molar-refractivity contribution in [1.82, 2.24) is 19.3 Å². The highest BCUT2D eigenvalue weighted by atomic mass is 16.1. The summed E-state index contributed by atoms with van der Waals surface area (Å²) in [6.45, 7) is 1.12. The Bertz CT molecular complexity index is 774. The first-order valence-corrected chi connectivity index (χ1v) is 5.96. The maximum atomic E-state index is 11.9. The molecule has 2 N–H and O–H groups in total. The molecule has 6 heteroatoms. The maximum absolute atomic E-state index is 11.9. The van der Waals surface area contributed by atoms with E-state index in [-0.39, 0.29) is 5.56 Å². The molecule has 0 aliphatic rings. The molecule has 2 aromatic heterocycles. The number of nitrogens with zero attached hydrogens (tertiary/aromatic N) is 4. The molecule has 0 amide bonds. The summed E-state index contributed by atoms with van der Waals surface area (Å²) in [5.74, 6) is 0. The van der Waals surface area contributed by atoms with Gasteiger partial charge in [0.25, 0.3) is 5.56 Å². The van der Waals surface area contributed by atoms with Gasteiger partial charge in [0.1, 0.15) is 0 Å². The van der Waals surface area contributed by atoms with E-state index in [1.165, 1.54) is 6.20 Å². The Morgan fingerprint density at radius 3 is 2.79 bits per heavy atom. The number of fused-ring (bicyclic) bond motifs is 1. The molecular weight excluding hydrogens is 242 g/mol. The van der Waals surface area contributed by atoms with Crippen molar-refractivity contribution < 1.29 is 0 Å². The Balaban J connectivity index is 1.96. The van der Waals surface area contributed by atoms with Crippen LogP contribution in [0.4, 0.5) is 5.69 Å². The number of nitrogens with two attached hydrogens (primary N) is 1. The number of aryl methyl sites for hydroxylation is 2. The lowest BCUT2D eigenvalue weighted by molar-refractivity contribution is 0.533. The van der Waals surface area contributed by atoms with Crippen LogP contribution in [0.15, 0.2) is 47.7 Å². The fourth-order valence-electron chi connectivity index (χ4n) is 2.05. The first kappa shape index (κ1) is 11.5. The van der Waals surface area contributed by atoms with Gasteiger partial charge < -0.3 is 10.3 Å². The van der Waals surface area contributed by atoms with Crippen LogP contribution in [0.3, 0.4) is 0 Å². The molecule has 0 radical (unpaired) electrons. The van der Waals surface area contributed by atoms with Gasteiger partial charge >= 0.3 is 0 Å². The SMILES string of the molecule is Nc1cnn(CCn2c(=O)cnc3ccccc32)c1. The van der Waals surface area contributed by atoms with Gasteiger partial charge in [0.2, 0.25) is 0 Å². The lowest BCUT2D eigenvalue weighted by Crippen LogP contribution is -2.23. The van der Waals surface area contributed by atoms with Crippen molar-refractivity contribution in [2.45, 2.75) is 13.1 Å². The number of anilines is 1. The minimum Gasteiger partial charge on any atom is -0.396 e. The minimum atomic E-state index is -0.112. The van der Waals surface area contributed by atoms with E-state index >= 15 is 0 Å². The van der Waals surface area contributed by atoms with Crippen LogP contribution in [0, 0.1) is 0 Å². The van der Waals surface area contributed by atoms with Gasteiger partial charge in [-0.05, 0) is 12.1 Å². The van der Waals surface area contributed by atoms with Crippen LogP contribution < -0.4 is 11.3 Å². The fraction of sp³-hybridized carbons (Fsp3) is 0.154. The summed E-state index contributed by atoms with van der Waals surface area (Å²) >= 11 is 0. The number of benzene rings is 1. The molecule has 0 aliphatic heterocycles. The highest BCUT2D eigenvalue weighted by molar-refractivity contribution is 5.74. The molecule has 0 bridgehead atoms. The molecule has 0 saturated carbocycles. The topological polar surface area (TPSA) is 78.7 Å². The Labute approximate surface area is 109 Å². The van der Waals surface area contributed by atoms with Crippen molar-refractivity contribution in [3.05, 3.63) is 53.2 Å². The second-order valence-electron chi connectivity index (χ2n) is 4.27. The quantitative estimate of drug-likeness (QED) is 0.753. The van der Waals surface area contributed by atoms with Crippen LogP contribution >= 0.6 is 0 Å². The predicted octanol–water partition coefficient (Wildman–Crippen LogP) is 0.875. The second-order valence-corrected chi connectivity index (χ2v) is 4.27. The van der Waals surface area contributed by atoms with E-state index in [0.717, 1.165) is 11.0 Å². The zero-order chi connectivity index (χ0) is 13.2. The molecule has 0 aliphatic carbocycles. The summed E-state index contributed by atoms with van der Waals surface area (Å²) in [4.78, 5) is 16.0. The van der Waals surface area contributed by atoms with Gasteiger partial charge in [-0.1, -0.05) is 12.1 Å². The third-order valence-corrected chi connectivity index (χ3v) is 2.96. The number of aromatic nitrogens is 4. The van der Waals surface area contributed by atoms with Gasteiger partial charge in [0.15, 0.2) is 0 Å². The summed E-state index contributed by atoms with van der Waals surface area (Å²) in [6.07, 6.45) is 4.68. The average molecular weight is 255 g/mol. The van der Waals surface area contributed by atoms with E-state index in [4.69, 9.17) is 5.73 Å². The van der Waals surface area contributed by atoms with Crippen molar-refractivity contribution in [1.29, 1.82) is 0 Å². The molecule has 0 atom stereocenters. The van der Waals surface area contributed by atoms with Crippen molar-refractivity contribution >= 4 is 16.7 Å². The third kappa shape index (κ3) is 2.20. The van der Waals surface area contributed by atoms with E-state index in [9.17, 15) is 4.79 Å². The molecular formula is C13H13N5O. The zero-order valence-corrected chi connectivity index (χ0v) is 10.2. The van der Waals surface area contributed by atoms with Gasteiger partial charge in [-0.25, -0.2) is 4.98 Å². The second kappa shape index (κ2) is 4.56. The van der Waals surface area contributed by atoms with Crippen LogP contribution in [0.1, 0.15) is 0 Å². The third-order valence-electron chi connectivity index (χ3n) is 2.96. The van der Waals surface area contributed by atoms with Crippen molar-refractivity contribution in [2.75, 3.05) is 5.73 Å². The number of para-hydroxylation sites is 2. The standard InChI is InChI=1S/C13H13N5O/c14-10-7-16-17(9-10)5-6-18-12-4-2-1-3-11(12)15-8-13(18)19/h1-4,7-9H,5-6,14H2. The Kier molecular flexibility index (Phi) is 2.75. The van der Waals surface area contributed by atoms with Crippen LogP contribution in [0.2, 0.25) is 0 Å². The predicted molar refractivity (Wildman–Crippen MR) is 72.6 cm³/mol. The van der Waals surface area contributed by atoms with E-state index in [2.05, 4.69) is 10.1 Å². The zero-order valence-electron chi connectivity index (χ0n) is 10.2. The number of hydrogen-bond acceptors (Lipinski definition) is 4. The summed E-state index contributed by atoms with van der Waals surface area (Å²) in [5.41, 5.74) is 7.75. The van der Waals surface area contributed by atoms with Gasteiger partial charge in [-0.2, -0.15) is 5.10 Å². The fourth-order valence-corrected chi connectivity index (χ4v) is 2.05. The number of rotatable bonds is 3. The number of nitrogen functional groups attached to an aromatic ring is 1. The van der Waals surface area contributed by atoms with Gasteiger partial charge in [0.05, 0.1) is 35.7 Å². The van der Waals surface area contributed by atoms with Crippen molar-refractivity contribution in [3.8, 4) is 0 Å². The van der Waals surface area contributed by atoms with E-state index in [1.807, 2.05) is 24.3 Å². The minimum absolute atomic E-state index is 0.112. The summed E-state index contributed by atoms with van der Waals surface area (Å²) < 4.78 is 3.41. The van der Waals surface area contributed by atoms with Crippen LogP contribution in [0.5, 0.6) is 0 Å². The largest absolute Gasteiger partial charge is 0.396 e. The van der Waals surface area contributed by atoms with Crippen molar-refractivity contribution in [2.24, 2.45) is 0 Å². The van der Waals surface area contributed by atoms with Gasteiger partial charge in [0, 0.05) is 12.7 Å². The Hall–Kier alpha value is -2.63. The molecule has 0 fully saturated rings. The molecule has 6 nitrogen and oxygen atoms in total. The molecule has 96 valence electrons. The summed E-state index contributed by atoms with van der Waals surface area (Å²) in [7, 11) is 0. The smallest absolute Gasteiger partial charge is 0.269 e. The molecule has 19 heavy (non-hydrogen) atoms. The molecule has 3 rings (SSSR count). The van der Waals surface area contributed by atoms with E-state index in [1.54, 1.807) is 21.6 Å². The monoisotopic (exact) mass is 255 g/mol. The summed E-state index contributed by atoms with van der Waals surface area (Å²) in [6, 6.07) is 7.57. The Morgan fingerprint density at radius 1 is 1.16 bits per heavy atom. The highest BCUT2D eigenvalue weighted by Gasteiger charge is 2.04. The Morgan fingerprint density at radius 2 is 2.00 bits per heavy atom. The molecule has 2 heterocycles. The normalized spacial score (nSPS) is 10.9. The first-order valence-electron chi connectivity index (χ1n) is 5.96.